The predicted molar refractivity (Wildman–Crippen MR) is 133 cm³/mol. The maximum atomic E-state index is 6.29. The first-order valence-corrected chi connectivity index (χ1v) is 14.0. The van der Waals surface area contributed by atoms with Crippen molar-refractivity contribution in [2.45, 2.75) is 123 Å². The highest BCUT2D eigenvalue weighted by atomic mass is 16.5. The highest BCUT2D eigenvalue weighted by Crippen LogP contribution is 2.47. The zero-order chi connectivity index (χ0) is 21.5. The maximum Gasteiger partial charge on any atom is 0.0578 e. The molecule has 0 saturated heterocycles. The molecule has 0 radical (unpaired) electrons. The molecule has 1 aromatic carbocycles. The number of rotatable bonds is 10. The van der Waals surface area contributed by atoms with E-state index in [2.05, 4.69) is 32.0 Å². The summed E-state index contributed by atoms with van der Waals surface area (Å²) in [5, 5.41) is 0. The van der Waals surface area contributed by atoms with Crippen molar-refractivity contribution in [1.82, 2.24) is 0 Å². The molecule has 0 spiro atoms. The topological polar surface area (TPSA) is 9.23 Å². The summed E-state index contributed by atoms with van der Waals surface area (Å²) in [5.41, 5.74) is 4.93. The second-order valence-corrected chi connectivity index (χ2v) is 11.2. The van der Waals surface area contributed by atoms with Gasteiger partial charge in [-0.2, -0.15) is 0 Å². The van der Waals surface area contributed by atoms with E-state index in [9.17, 15) is 0 Å². The van der Waals surface area contributed by atoms with Gasteiger partial charge >= 0.3 is 0 Å². The minimum absolute atomic E-state index is 0.572. The largest absolute Gasteiger partial charge is 0.378 e. The van der Waals surface area contributed by atoms with Gasteiger partial charge in [0.15, 0.2) is 0 Å². The van der Waals surface area contributed by atoms with Crippen LogP contribution in [0.1, 0.15) is 114 Å². The molecule has 0 heterocycles. The molecule has 0 bridgehead atoms. The van der Waals surface area contributed by atoms with Gasteiger partial charge in [0.05, 0.1) is 6.10 Å². The number of hydrogen-bond acceptors (Lipinski definition) is 1. The third-order valence-corrected chi connectivity index (χ3v) is 8.98. The Bertz CT molecular complexity index is 664. The van der Waals surface area contributed by atoms with Crippen molar-refractivity contribution in [2.24, 2.45) is 23.7 Å². The predicted octanol–water partition coefficient (Wildman–Crippen LogP) is 8.32. The van der Waals surface area contributed by atoms with Crippen molar-refractivity contribution >= 4 is 0 Å². The standard InChI is InChI=1S/C30H48O/c1-3-5-7-8-18-31-30-17-16-28-21-27(14-15-29(28)22-30)26-13-12-24-19-23(9-6-4-2)10-11-25(24)20-26/h10-11,19,26-30H,3-9,12-18,20-22H2,1-2H3. The fraction of sp³-hybridized carbons (Fsp3) is 0.800. The molecule has 1 heteroatoms. The first-order chi connectivity index (χ1) is 15.3. The lowest BCUT2D eigenvalue weighted by molar-refractivity contribution is -0.0250. The minimum Gasteiger partial charge on any atom is -0.378 e. The number of ether oxygens (including phenoxy) is 1. The SMILES string of the molecule is CCCCCCOC1CCC2CC(C3CCc4cc(CCCC)ccc4C3)CCC2C1. The van der Waals surface area contributed by atoms with Gasteiger partial charge in [-0.05, 0) is 117 Å². The summed E-state index contributed by atoms with van der Waals surface area (Å²) >= 11 is 0. The van der Waals surface area contributed by atoms with Gasteiger partial charge in [0.25, 0.3) is 0 Å². The van der Waals surface area contributed by atoms with Crippen molar-refractivity contribution in [3.05, 3.63) is 34.9 Å². The molecular weight excluding hydrogens is 376 g/mol. The smallest absolute Gasteiger partial charge is 0.0578 e. The van der Waals surface area contributed by atoms with Crippen molar-refractivity contribution in [2.75, 3.05) is 6.61 Å². The third kappa shape index (κ3) is 6.37. The minimum atomic E-state index is 0.572. The van der Waals surface area contributed by atoms with Gasteiger partial charge in [0, 0.05) is 6.61 Å². The number of fused-ring (bicyclic) bond motifs is 2. The quantitative estimate of drug-likeness (QED) is 0.343. The highest BCUT2D eigenvalue weighted by molar-refractivity contribution is 5.34. The van der Waals surface area contributed by atoms with Crippen molar-refractivity contribution < 1.29 is 4.74 Å². The summed E-state index contributed by atoms with van der Waals surface area (Å²) in [5.74, 6) is 3.89. The first-order valence-electron chi connectivity index (χ1n) is 14.0. The summed E-state index contributed by atoms with van der Waals surface area (Å²) in [7, 11) is 0. The summed E-state index contributed by atoms with van der Waals surface area (Å²) in [4.78, 5) is 0. The van der Waals surface area contributed by atoms with Gasteiger partial charge in [-0.25, -0.2) is 0 Å². The van der Waals surface area contributed by atoms with Crippen LogP contribution in [0.25, 0.3) is 0 Å². The Labute approximate surface area is 192 Å². The fourth-order valence-electron chi connectivity index (χ4n) is 7.02. The molecule has 4 rings (SSSR count). The maximum absolute atomic E-state index is 6.29. The number of aryl methyl sites for hydroxylation is 2. The zero-order valence-corrected chi connectivity index (χ0v) is 20.5. The van der Waals surface area contributed by atoms with Crippen LogP contribution in [0.4, 0.5) is 0 Å². The Morgan fingerprint density at radius 1 is 0.742 bits per heavy atom. The van der Waals surface area contributed by atoms with Crippen LogP contribution in [-0.2, 0) is 24.0 Å². The van der Waals surface area contributed by atoms with E-state index < -0.39 is 0 Å². The molecular formula is C30H48O. The van der Waals surface area contributed by atoms with Gasteiger partial charge in [0.1, 0.15) is 0 Å². The lowest BCUT2D eigenvalue weighted by Crippen LogP contribution is -2.37. The number of unbranched alkanes of at least 4 members (excludes halogenated alkanes) is 4. The Hall–Kier alpha value is -0.820. The molecule has 0 amide bonds. The van der Waals surface area contributed by atoms with Gasteiger partial charge in [-0.15, -0.1) is 0 Å². The molecule has 0 aromatic heterocycles. The van der Waals surface area contributed by atoms with Crippen LogP contribution in [0.15, 0.2) is 18.2 Å². The van der Waals surface area contributed by atoms with Crippen LogP contribution in [0.5, 0.6) is 0 Å². The molecule has 5 atom stereocenters. The van der Waals surface area contributed by atoms with Crippen molar-refractivity contribution in [1.29, 1.82) is 0 Å². The monoisotopic (exact) mass is 424 g/mol. The first kappa shape index (κ1) is 23.3. The molecule has 1 nitrogen and oxygen atoms in total. The second-order valence-electron chi connectivity index (χ2n) is 11.2. The zero-order valence-electron chi connectivity index (χ0n) is 20.5. The fourth-order valence-corrected chi connectivity index (χ4v) is 7.02. The van der Waals surface area contributed by atoms with Crippen LogP contribution < -0.4 is 0 Å². The van der Waals surface area contributed by atoms with Crippen LogP contribution in [0, 0.1) is 23.7 Å². The van der Waals surface area contributed by atoms with E-state index >= 15 is 0 Å². The summed E-state index contributed by atoms with van der Waals surface area (Å²) < 4.78 is 6.29. The van der Waals surface area contributed by atoms with Gasteiger partial charge in [0.2, 0.25) is 0 Å². The molecule has 5 unspecified atom stereocenters. The lowest BCUT2D eigenvalue weighted by Gasteiger charge is -2.45. The van der Waals surface area contributed by atoms with E-state index in [1.807, 2.05) is 0 Å². The molecule has 0 aliphatic heterocycles. The Kier molecular flexibility index (Phi) is 8.94. The van der Waals surface area contributed by atoms with E-state index in [0.29, 0.717) is 6.10 Å². The average Bonchev–Trinajstić information content (AvgIpc) is 2.81. The van der Waals surface area contributed by atoms with Gasteiger partial charge < -0.3 is 4.74 Å². The van der Waals surface area contributed by atoms with E-state index in [-0.39, 0.29) is 0 Å². The molecule has 174 valence electrons. The summed E-state index contributed by atoms with van der Waals surface area (Å²) in [6.45, 7) is 5.59. The second kappa shape index (κ2) is 11.9. The number of hydrogen-bond donors (Lipinski definition) is 0. The summed E-state index contributed by atoms with van der Waals surface area (Å²) in [6.07, 6.45) is 22.5. The molecule has 1 aromatic rings. The Balaban J connectivity index is 1.23. The highest BCUT2D eigenvalue weighted by Gasteiger charge is 2.38. The third-order valence-electron chi connectivity index (χ3n) is 8.98. The molecule has 2 fully saturated rings. The average molecular weight is 425 g/mol. The van der Waals surface area contributed by atoms with Crippen LogP contribution in [-0.4, -0.2) is 12.7 Å². The molecule has 3 aliphatic rings. The summed E-state index contributed by atoms with van der Waals surface area (Å²) in [6, 6.07) is 7.46. The lowest BCUT2D eigenvalue weighted by atomic mass is 9.62. The number of benzene rings is 1. The van der Waals surface area contributed by atoms with Crippen LogP contribution >= 0.6 is 0 Å². The normalized spacial score (nSPS) is 30.6. The van der Waals surface area contributed by atoms with Gasteiger partial charge in [-0.3, -0.25) is 0 Å². The van der Waals surface area contributed by atoms with E-state index in [4.69, 9.17) is 4.74 Å². The van der Waals surface area contributed by atoms with Crippen molar-refractivity contribution in [3.63, 3.8) is 0 Å². The van der Waals surface area contributed by atoms with Gasteiger partial charge in [-0.1, -0.05) is 57.7 Å². The van der Waals surface area contributed by atoms with Crippen LogP contribution in [0.3, 0.4) is 0 Å². The molecule has 2 saturated carbocycles. The van der Waals surface area contributed by atoms with E-state index in [1.54, 1.807) is 16.7 Å². The molecule has 3 aliphatic carbocycles. The van der Waals surface area contributed by atoms with E-state index in [1.165, 1.54) is 103 Å². The Morgan fingerprint density at radius 2 is 1.52 bits per heavy atom. The van der Waals surface area contributed by atoms with Crippen molar-refractivity contribution in [3.8, 4) is 0 Å². The van der Waals surface area contributed by atoms with Crippen LogP contribution in [0.2, 0.25) is 0 Å². The molecule has 0 N–H and O–H groups in total. The van der Waals surface area contributed by atoms with E-state index in [0.717, 1.165) is 30.3 Å². The molecule has 31 heavy (non-hydrogen) atoms. The Morgan fingerprint density at radius 3 is 2.35 bits per heavy atom.